The van der Waals surface area contributed by atoms with E-state index in [2.05, 4.69) is 20.5 Å². The van der Waals surface area contributed by atoms with E-state index >= 15 is 0 Å². The van der Waals surface area contributed by atoms with E-state index in [4.69, 9.17) is 16.3 Å². The highest BCUT2D eigenvalue weighted by atomic mass is 35.5. The molecule has 4 rings (SSSR count). The Hall–Kier alpha value is -2.93. The lowest BCUT2D eigenvalue weighted by Gasteiger charge is -2.26. The van der Waals surface area contributed by atoms with Crippen molar-refractivity contribution < 1.29 is 9.53 Å². The van der Waals surface area contributed by atoms with Crippen molar-refractivity contribution in [2.45, 2.75) is 6.92 Å². The molecule has 2 aromatic carbocycles. The molecule has 1 aromatic heterocycles. The Labute approximate surface area is 193 Å². The van der Waals surface area contributed by atoms with Crippen molar-refractivity contribution >= 4 is 28.9 Å². The molecule has 0 atom stereocenters. The highest BCUT2D eigenvalue weighted by molar-refractivity contribution is 6.33. The van der Waals surface area contributed by atoms with E-state index in [1.807, 2.05) is 49.4 Å². The topological polar surface area (TPSA) is 66.5 Å². The van der Waals surface area contributed by atoms with Gasteiger partial charge in [-0.05, 0) is 61.0 Å². The highest BCUT2D eigenvalue weighted by Gasteiger charge is 2.13. The molecule has 3 aromatic rings. The molecule has 0 unspecified atom stereocenters. The Kier molecular flexibility index (Phi) is 7.37. The zero-order chi connectivity index (χ0) is 22.3. The maximum Gasteiger partial charge on any atom is 0.255 e. The third kappa shape index (κ3) is 5.65. The monoisotopic (exact) mass is 450 g/mol. The first-order chi connectivity index (χ1) is 15.6. The number of ether oxygens (including phenoxy) is 1. The molecule has 32 heavy (non-hydrogen) atoms. The van der Waals surface area contributed by atoms with E-state index in [-0.39, 0.29) is 5.91 Å². The van der Waals surface area contributed by atoms with E-state index in [9.17, 15) is 4.79 Å². The van der Waals surface area contributed by atoms with E-state index in [0.717, 1.165) is 61.9 Å². The summed E-state index contributed by atoms with van der Waals surface area (Å²) in [5.74, 6) is -0.156. The fourth-order valence-electron chi connectivity index (χ4n) is 3.73. The molecule has 2 N–H and O–H groups in total. The number of aryl methyl sites for hydroxylation is 1. The van der Waals surface area contributed by atoms with Crippen LogP contribution in [0.1, 0.15) is 15.9 Å². The van der Waals surface area contributed by atoms with Crippen LogP contribution in [0.4, 0.5) is 11.4 Å². The number of aromatic nitrogens is 1. The molecule has 1 saturated heterocycles. The first kappa shape index (κ1) is 22.3. The van der Waals surface area contributed by atoms with Gasteiger partial charge in [-0.1, -0.05) is 17.7 Å². The quantitative estimate of drug-likeness (QED) is 0.545. The Bertz CT molecular complexity index is 1070. The van der Waals surface area contributed by atoms with Crippen LogP contribution in [0.3, 0.4) is 0 Å². The summed E-state index contributed by atoms with van der Waals surface area (Å²) in [5, 5.41) is 7.01. The molecule has 0 spiro atoms. The number of amides is 1. The summed E-state index contributed by atoms with van der Waals surface area (Å²) < 4.78 is 5.38. The number of nitrogens with one attached hydrogen (secondary N) is 2. The van der Waals surface area contributed by atoms with Crippen molar-refractivity contribution in [3.05, 3.63) is 76.9 Å². The highest BCUT2D eigenvalue weighted by Crippen LogP contribution is 2.29. The summed E-state index contributed by atoms with van der Waals surface area (Å²) in [6.45, 7) is 7.34. The molecular weight excluding hydrogens is 424 g/mol. The maximum absolute atomic E-state index is 12.9. The largest absolute Gasteiger partial charge is 0.384 e. The van der Waals surface area contributed by atoms with Gasteiger partial charge in [0.15, 0.2) is 0 Å². The van der Waals surface area contributed by atoms with Crippen LogP contribution < -0.4 is 10.6 Å². The Balaban J connectivity index is 1.39. The average molecular weight is 451 g/mol. The number of halogens is 1. The number of benzene rings is 2. The van der Waals surface area contributed by atoms with Gasteiger partial charge >= 0.3 is 0 Å². The molecule has 0 aliphatic carbocycles. The molecule has 0 radical (unpaired) electrons. The number of hydrogen-bond donors (Lipinski definition) is 2. The van der Waals surface area contributed by atoms with Crippen LogP contribution in [-0.2, 0) is 4.74 Å². The van der Waals surface area contributed by atoms with Crippen molar-refractivity contribution in [2.75, 3.05) is 50.0 Å². The average Bonchev–Trinajstić information content (AvgIpc) is 2.81. The third-order valence-corrected chi connectivity index (χ3v) is 5.83. The van der Waals surface area contributed by atoms with Gasteiger partial charge in [-0.2, -0.15) is 0 Å². The normalized spacial score (nSPS) is 14.2. The molecule has 1 fully saturated rings. The zero-order valence-corrected chi connectivity index (χ0v) is 18.9. The summed E-state index contributed by atoms with van der Waals surface area (Å²) in [4.78, 5) is 19.6. The van der Waals surface area contributed by atoms with Crippen molar-refractivity contribution in [1.82, 2.24) is 9.88 Å². The lowest BCUT2D eigenvalue weighted by Crippen LogP contribution is -2.39. The van der Waals surface area contributed by atoms with Crippen LogP contribution in [0.2, 0.25) is 5.02 Å². The van der Waals surface area contributed by atoms with E-state index in [1.54, 1.807) is 18.3 Å². The fraction of sp³-hybridized carbons (Fsp3) is 0.280. The number of anilines is 2. The molecule has 1 amide bonds. The van der Waals surface area contributed by atoms with Crippen LogP contribution in [0.5, 0.6) is 0 Å². The van der Waals surface area contributed by atoms with Crippen molar-refractivity contribution in [3.8, 4) is 11.3 Å². The van der Waals surface area contributed by atoms with Crippen LogP contribution in [0.25, 0.3) is 11.3 Å². The van der Waals surface area contributed by atoms with E-state index < -0.39 is 0 Å². The number of nitrogens with zero attached hydrogens (tertiary/aromatic N) is 2. The predicted molar refractivity (Wildman–Crippen MR) is 130 cm³/mol. The van der Waals surface area contributed by atoms with Crippen LogP contribution in [0.15, 0.2) is 60.8 Å². The molecule has 2 heterocycles. The summed E-state index contributed by atoms with van der Waals surface area (Å²) >= 11 is 6.35. The second-order valence-corrected chi connectivity index (χ2v) is 8.18. The summed E-state index contributed by atoms with van der Waals surface area (Å²) in [7, 11) is 0. The lowest BCUT2D eigenvalue weighted by atomic mass is 10.1. The molecule has 0 bridgehead atoms. The predicted octanol–water partition coefficient (Wildman–Crippen LogP) is 4.71. The first-order valence-corrected chi connectivity index (χ1v) is 11.1. The Morgan fingerprint density at radius 2 is 1.91 bits per heavy atom. The van der Waals surface area contributed by atoms with Gasteiger partial charge < -0.3 is 15.4 Å². The van der Waals surface area contributed by atoms with Gasteiger partial charge in [0, 0.05) is 54.9 Å². The number of carbonyl (C=O) groups is 1. The van der Waals surface area contributed by atoms with Crippen molar-refractivity contribution in [1.29, 1.82) is 0 Å². The minimum atomic E-state index is -0.156. The van der Waals surface area contributed by atoms with Gasteiger partial charge in [0.1, 0.15) is 0 Å². The third-order valence-electron chi connectivity index (χ3n) is 5.50. The maximum atomic E-state index is 12.9. The Morgan fingerprint density at radius 3 is 2.66 bits per heavy atom. The van der Waals surface area contributed by atoms with Crippen molar-refractivity contribution in [3.63, 3.8) is 0 Å². The smallest absolute Gasteiger partial charge is 0.255 e. The molecule has 0 saturated carbocycles. The first-order valence-electron chi connectivity index (χ1n) is 10.8. The Morgan fingerprint density at radius 1 is 1.09 bits per heavy atom. The number of morpholine rings is 1. The molecule has 166 valence electrons. The second-order valence-electron chi connectivity index (χ2n) is 7.77. The van der Waals surface area contributed by atoms with Gasteiger partial charge in [-0.15, -0.1) is 0 Å². The lowest BCUT2D eigenvalue weighted by molar-refractivity contribution is 0.0398. The summed E-state index contributed by atoms with van der Waals surface area (Å²) in [5.41, 5.74) is 4.78. The summed E-state index contributed by atoms with van der Waals surface area (Å²) in [6.07, 6.45) is 1.72. The summed E-state index contributed by atoms with van der Waals surface area (Å²) in [6, 6.07) is 16.9. The molecule has 1 aliphatic rings. The van der Waals surface area contributed by atoms with E-state index in [0.29, 0.717) is 16.3 Å². The van der Waals surface area contributed by atoms with E-state index in [1.165, 1.54) is 0 Å². The van der Waals surface area contributed by atoms with Crippen LogP contribution in [0, 0.1) is 6.92 Å². The minimum absolute atomic E-state index is 0.156. The van der Waals surface area contributed by atoms with Gasteiger partial charge in [0.2, 0.25) is 0 Å². The number of rotatable bonds is 7. The fourth-order valence-corrected chi connectivity index (χ4v) is 3.95. The minimum Gasteiger partial charge on any atom is -0.384 e. The van der Waals surface area contributed by atoms with Crippen LogP contribution >= 0.6 is 11.6 Å². The standard InChI is InChI=1S/C25H27ClN4O2/c1-18-16-19(27-10-11-30-12-14-32-15-13-30)5-7-21(18)25(31)29-20-6-8-23(26)22(17-20)24-4-2-3-9-28-24/h2-9,16-17,27H,10-15H2,1H3,(H,29,31). The molecule has 1 aliphatic heterocycles. The second kappa shape index (κ2) is 10.6. The number of hydrogen-bond acceptors (Lipinski definition) is 5. The number of pyridine rings is 1. The van der Waals surface area contributed by atoms with Gasteiger partial charge in [0.05, 0.1) is 23.9 Å². The van der Waals surface area contributed by atoms with Gasteiger partial charge in [-0.25, -0.2) is 0 Å². The van der Waals surface area contributed by atoms with Crippen LogP contribution in [-0.4, -0.2) is 55.2 Å². The molecular formula is C25H27ClN4O2. The van der Waals surface area contributed by atoms with Crippen molar-refractivity contribution in [2.24, 2.45) is 0 Å². The SMILES string of the molecule is Cc1cc(NCCN2CCOCC2)ccc1C(=O)Nc1ccc(Cl)c(-c2ccccn2)c1. The van der Waals surface area contributed by atoms with Gasteiger partial charge in [0.25, 0.3) is 5.91 Å². The zero-order valence-electron chi connectivity index (χ0n) is 18.1. The number of carbonyl (C=O) groups excluding carboxylic acids is 1. The molecule has 6 nitrogen and oxygen atoms in total. The van der Waals surface area contributed by atoms with Gasteiger partial charge in [-0.3, -0.25) is 14.7 Å². The molecule has 7 heteroatoms.